The van der Waals surface area contributed by atoms with Crippen LogP contribution in [0.4, 0.5) is 4.39 Å². The van der Waals surface area contributed by atoms with Crippen LogP contribution in [0.25, 0.3) is 11.1 Å². The zero-order chi connectivity index (χ0) is 29.8. The molecule has 0 radical (unpaired) electrons. The first-order chi connectivity index (χ1) is 19.5. The van der Waals surface area contributed by atoms with Crippen LogP contribution in [0.5, 0.6) is 5.75 Å². The molecule has 0 spiro atoms. The van der Waals surface area contributed by atoms with Crippen molar-refractivity contribution in [2.45, 2.75) is 32.7 Å². The number of carbonyl (C=O) groups is 3. The number of ether oxygens (including phenoxy) is 1. The summed E-state index contributed by atoms with van der Waals surface area (Å²) in [7, 11) is 1.41. The van der Waals surface area contributed by atoms with Crippen molar-refractivity contribution in [3.63, 3.8) is 0 Å². The van der Waals surface area contributed by atoms with Crippen molar-refractivity contribution in [3.05, 3.63) is 122 Å². The number of carboxylic acids is 1. The Bertz CT molecular complexity index is 1710. The van der Waals surface area contributed by atoms with Crippen LogP contribution < -0.4 is 10.3 Å². The number of aryl methyl sites for hydroxylation is 1. The van der Waals surface area contributed by atoms with Crippen LogP contribution >= 0.6 is 11.6 Å². The number of halogens is 2. The quantitative estimate of drug-likeness (QED) is 0.229. The summed E-state index contributed by atoms with van der Waals surface area (Å²) >= 11 is 6.21. The zero-order valence-corrected chi connectivity index (χ0v) is 23.4. The second-order valence-electron chi connectivity index (χ2n) is 9.68. The lowest BCUT2D eigenvalue weighted by Crippen LogP contribution is -2.32. The second-order valence-corrected chi connectivity index (χ2v) is 10.1. The van der Waals surface area contributed by atoms with Crippen molar-refractivity contribution in [3.8, 4) is 16.9 Å². The molecule has 1 unspecified atom stereocenters. The number of benzene rings is 3. The predicted molar refractivity (Wildman–Crippen MR) is 154 cm³/mol. The van der Waals surface area contributed by atoms with Crippen molar-refractivity contribution in [1.82, 2.24) is 4.57 Å². The fourth-order valence-corrected chi connectivity index (χ4v) is 4.88. The van der Waals surface area contributed by atoms with E-state index in [2.05, 4.69) is 0 Å². The Morgan fingerprint density at radius 3 is 2.34 bits per heavy atom. The summed E-state index contributed by atoms with van der Waals surface area (Å²) in [5.41, 5.74) is 2.48. The molecule has 0 amide bonds. The fraction of sp³-hybridized carbons (Fsp3) is 0.188. The molecule has 0 aliphatic carbocycles. The highest BCUT2D eigenvalue weighted by Gasteiger charge is 2.26. The average molecular weight is 576 g/mol. The third-order valence-corrected chi connectivity index (χ3v) is 7.16. The molecule has 0 aliphatic heterocycles. The van der Waals surface area contributed by atoms with Gasteiger partial charge in [0.2, 0.25) is 0 Å². The summed E-state index contributed by atoms with van der Waals surface area (Å²) in [5.74, 6) is -1.91. The van der Waals surface area contributed by atoms with Gasteiger partial charge < -0.3 is 14.4 Å². The average Bonchev–Trinajstić information content (AvgIpc) is 2.93. The first-order valence-corrected chi connectivity index (χ1v) is 13.1. The van der Waals surface area contributed by atoms with E-state index < -0.39 is 23.4 Å². The smallest absolute Gasteiger partial charge is 0.335 e. The fourth-order valence-electron chi connectivity index (χ4n) is 4.71. The molecule has 1 heterocycles. The first kappa shape index (κ1) is 29.4. The Morgan fingerprint density at radius 2 is 1.71 bits per heavy atom. The first-order valence-electron chi connectivity index (χ1n) is 12.7. The molecule has 9 heteroatoms. The van der Waals surface area contributed by atoms with E-state index in [0.29, 0.717) is 32.8 Å². The number of hydrogen-bond acceptors (Lipinski definition) is 5. The molecule has 0 saturated carbocycles. The number of aromatic carboxylic acids is 1. The predicted octanol–water partition coefficient (Wildman–Crippen LogP) is 6.12. The van der Waals surface area contributed by atoms with Gasteiger partial charge in [0.05, 0.1) is 24.9 Å². The number of rotatable bonds is 10. The normalized spacial score (nSPS) is 11.6. The van der Waals surface area contributed by atoms with Crippen molar-refractivity contribution < 1.29 is 28.6 Å². The molecule has 1 atom stereocenters. The van der Waals surface area contributed by atoms with E-state index in [-0.39, 0.29) is 35.7 Å². The third kappa shape index (κ3) is 6.61. The number of methoxy groups -OCH3 is 1. The number of carboxylic acid groups (broad SMARTS) is 1. The zero-order valence-electron chi connectivity index (χ0n) is 22.6. The minimum absolute atomic E-state index is 0.0217. The maximum absolute atomic E-state index is 14.2. The van der Waals surface area contributed by atoms with Gasteiger partial charge in [0.15, 0.2) is 11.6 Å². The molecule has 210 valence electrons. The molecule has 1 N–H and O–H groups in total. The number of pyridine rings is 1. The maximum atomic E-state index is 14.2. The summed E-state index contributed by atoms with van der Waals surface area (Å²) in [4.78, 5) is 50.9. The van der Waals surface area contributed by atoms with Gasteiger partial charge in [-0.05, 0) is 78.6 Å². The van der Waals surface area contributed by atoms with Gasteiger partial charge in [-0.2, -0.15) is 0 Å². The number of aromatic nitrogens is 1. The molecule has 7 nitrogen and oxygen atoms in total. The molecule has 0 fully saturated rings. The number of hydrogen-bond donors (Lipinski definition) is 1. The molecule has 1 aromatic heterocycles. The van der Waals surface area contributed by atoms with E-state index >= 15 is 0 Å². The minimum atomic E-state index is -1.09. The van der Waals surface area contributed by atoms with Gasteiger partial charge in [-0.1, -0.05) is 29.8 Å². The Morgan fingerprint density at radius 1 is 1.00 bits per heavy atom. The molecule has 41 heavy (non-hydrogen) atoms. The Hall–Kier alpha value is -4.56. The largest absolute Gasteiger partial charge is 0.495 e. The highest BCUT2D eigenvalue weighted by Crippen LogP contribution is 2.34. The lowest BCUT2D eigenvalue weighted by atomic mass is 9.94. The van der Waals surface area contributed by atoms with Crippen molar-refractivity contribution >= 4 is 29.1 Å². The van der Waals surface area contributed by atoms with Crippen LogP contribution in [0.2, 0.25) is 5.02 Å². The lowest BCUT2D eigenvalue weighted by molar-refractivity contribution is -0.121. The molecule has 3 aromatic carbocycles. The van der Waals surface area contributed by atoms with Crippen molar-refractivity contribution in [2.24, 2.45) is 0 Å². The van der Waals surface area contributed by atoms with E-state index in [1.54, 1.807) is 43.3 Å². The topological polar surface area (TPSA) is 103 Å². The summed E-state index contributed by atoms with van der Waals surface area (Å²) < 4.78 is 21.0. The van der Waals surface area contributed by atoms with Crippen molar-refractivity contribution in [1.29, 1.82) is 0 Å². The minimum Gasteiger partial charge on any atom is -0.495 e. The van der Waals surface area contributed by atoms with E-state index in [0.717, 1.165) is 5.56 Å². The lowest BCUT2D eigenvalue weighted by Gasteiger charge is -2.22. The van der Waals surface area contributed by atoms with E-state index in [1.807, 2.05) is 0 Å². The van der Waals surface area contributed by atoms with Gasteiger partial charge in [0.25, 0.3) is 5.56 Å². The standard InChI is InChI=1S/C32H27ClFNO6/c1-18-4-10-24(34)13-22(18)14-28(29(37)12-20-5-7-21(8-6-20)32(39)40)35-17-30(41-3)27(16-31(35)38)26-15-23(33)9-11-25(26)19(2)36/h4-11,13,15-17,28H,12,14H2,1-3H3,(H,39,40). The molecule has 0 saturated heterocycles. The van der Waals surface area contributed by atoms with Gasteiger partial charge >= 0.3 is 5.97 Å². The number of ketones is 2. The number of nitrogens with zero attached hydrogens (tertiary/aromatic N) is 1. The Kier molecular flexibility index (Phi) is 8.83. The van der Waals surface area contributed by atoms with Crippen LogP contribution in [0.3, 0.4) is 0 Å². The van der Waals surface area contributed by atoms with E-state index in [4.69, 9.17) is 16.3 Å². The van der Waals surface area contributed by atoms with Gasteiger partial charge in [0.1, 0.15) is 11.6 Å². The summed E-state index contributed by atoms with van der Waals surface area (Å²) in [5, 5.41) is 9.54. The maximum Gasteiger partial charge on any atom is 0.335 e. The third-order valence-electron chi connectivity index (χ3n) is 6.93. The van der Waals surface area contributed by atoms with Crippen LogP contribution in [0.15, 0.2) is 77.7 Å². The van der Waals surface area contributed by atoms with Crippen LogP contribution in [-0.2, 0) is 17.6 Å². The monoisotopic (exact) mass is 575 g/mol. The van der Waals surface area contributed by atoms with Gasteiger partial charge in [-0.3, -0.25) is 14.4 Å². The Labute approximate surface area is 240 Å². The molecule has 0 bridgehead atoms. The van der Waals surface area contributed by atoms with Crippen LogP contribution in [-0.4, -0.2) is 34.3 Å². The molecular weight excluding hydrogens is 549 g/mol. The number of Topliss-reactive ketones (excluding diaryl/α,β-unsaturated/α-hetero) is 2. The Balaban J connectivity index is 1.83. The SMILES string of the molecule is COc1cn(C(Cc2cc(F)ccc2C)C(=O)Cc2ccc(C(=O)O)cc2)c(=O)cc1-c1cc(Cl)ccc1C(C)=O. The number of carbonyl (C=O) groups excluding carboxylic acids is 2. The molecule has 4 aromatic rings. The van der Waals surface area contributed by atoms with Crippen LogP contribution in [0.1, 0.15) is 50.4 Å². The highest BCUT2D eigenvalue weighted by atomic mass is 35.5. The molecule has 0 aliphatic rings. The van der Waals surface area contributed by atoms with Gasteiger partial charge in [-0.15, -0.1) is 0 Å². The molecular formula is C32H27ClFNO6. The summed E-state index contributed by atoms with van der Waals surface area (Å²) in [6, 6.07) is 15.1. The van der Waals surface area contributed by atoms with E-state index in [1.165, 1.54) is 55.1 Å². The highest BCUT2D eigenvalue weighted by molar-refractivity contribution is 6.31. The van der Waals surface area contributed by atoms with E-state index in [9.17, 15) is 28.7 Å². The van der Waals surface area contributed by atoms with Crippen LogP contribution in [0, 0.1) is 12.7 Å². The summed E-state index contributed by atoms with van der Waals surface area (Å²) in [6.45, 7) is 3.19. The van der Waals surface area contributed by atoms with Crippen molar-refractivity contribution in [2.75, 3.05) is 7.11 Å². The molecule has 4 rings (SSSR count). The summed E-state index contributed by atoms with van der Waals surface area (Å²) in [6.07, 6.45) is 1.33. The van der Waals surface area contributed by atoms with Gasteiger partial charge in [0, 0.05) is 35.1 Å². The van der Waals surface area contributed by atoms with Gasteiger partial charge in [-0.25, -0.2) is 9.18 Å². The second kappa shape index (κ2) is 12.3.